The molecule has 0 amide bonds. The smallest absolute Gasteiger partial charge is 0.339 e. The average molecular weight is 422 g/mol. The molecule has 0 unspecified atom stereocenters. The van der Waals surface area contributed by atoms with Crippen molar-refractivity contribution in [2.75, 3.05) is 19.7 Å². The number of carbonyl (C=O) groups excluding carboxylic acids is 2. The summed E-state index contributed by atoms with van der Waals surface area (Å²) in [7, 11) is -3.80. The zero-order valence-corrected chi connectivity index (χ0v) is 16.7. The van der Waals surface area contributed by atoms with Gasteiger partial charge in [-0.15, -0.1) is 0 Å². The fourth-order valence-corrected chi connectivity index (χ4v) is 4.86. The van der Waals surface area contributed by atoms with Gasteiger partial charge in [0.05, 0.1) is 10.5 Å². The highest BCUT2D eigenvalue weighted by molar-refractivity contribution is 7.89. The van der Waals surface area contributed by atoms with Gasteiger partial charge in [-0.25, -0.2) is 13.2 Å². The second kappa shape index (κ2) is 8.86. The Morgan fingerprint density at radius 2 is 1.61 bits per heavy atom. The second-order valence-corrected chi connectivity index (χ2v) is 8.81. The summed E-state index contributed by atoms with van der Waals surface area (Å²) in [6.07, 6.45) is 2.57. The molecule has 0 N–H and O–H groups in total. The molecule has 1 heterocycles. The van der Waals surface area contributed by atoms with Crippen LogP contribution in [0.25, 0.3) is 0 Å². The van der Waals surface area contributed by atoms with E-state index >= 15 is 0 Å². The van der Waals surface area contributed by atoms with E-state index in [-0.39, 0.29) is 10.5 Å². The van der Waals surface area contributed by atoms with Crippen LogP contribution < -0.4 is 0 Å². The molecule has 0 aliphatic carbocycles. The molecule has 1 aliphatic heterocycles. The lowest BCUT2D eigenvalue weighted by molar-refractivity contribution is 0.0471. The zero-order chi connectivity index (χ0) is 20.1. The van der Waals surface area contributed by atoms with Gasteiger partial charge in [-0.05, 0) is 49.2 Å². The molecule has 0 spiro atoms. The Bertz CT molecular complexity index is 966. The van der Waals surface area contributed by atoms with Crippen molar-refractivity contribution in [1.82, 2.24) is 4.31 Å². The molecule has 2 aromatic carbocycles. The SMILES string of the molecule is O=C(COC(=O)c1ccccc1S(=O)(=O)N1CCCCC1)c1ccc(Cl)cc1. The zero-order valence-electron chi connectivity index (χ0n) is 15.1. The molecular formula is C20H20ClNO5S. The Labute approximate surface area is 169 Å². The van der Waals surface area contributed by atoms with Gasteiger partial charge in [-0.2, -0.15) is 4.31 Å². The van der Waals surface area contributed by atoms with Crippen LogP contribution in [0.4, 0.5) is 0 Å². The molecule has 2 aromatic rings. The van der Waals surface area contributed by atoms with Gasteiger partial charge in [0.25, 0.3) is 0 Å². The van der Waals surface area contributed by atoms with E-state index in [0.29, 0.717) is 23.7 Å². The Kier molecular flexibility index (Phi) is 6.49. The summed E-state index contributed by atoms with van der Waals surface area (Å²) in [5.41, 5.74) is 0.281. The molecule has 0 bridgehead atoms. The highest BCUT2D eigenvalue weighted by atomic mass is 35.5. The van der Waals surface area contributed by atoms with Crippen molar-refractivity contribution < 1.29 is 22.7 Å². The van der Waals surface area contributed by atoms with Crippen molar-refractivity contribution >= 4 is 33.4 Å². The summed E-state index contributed by atoms with van der Waals surface area (Å²) in [6, 6.07) is 12.1. The summed E-state index contributed by atoms with van der Waals surface area (Å²) >= 11 is 5.79. The van der Waals surface area contributed by atoms with E-state index in [9.17, 15) is 18.0 Å². The van der Waals surface area contributed by atoms with Crippen molar-refractivity contribution in [3.63, 3.8) is 0 Å². The van der Waals surface area contributed by atoms with Crippen LogP contribution in [0.15, 0.2) is 53.4 Å². The minimum atomic E-state index is -3.80. The predicted molar refractivity (Wildman–Crippen MR) is 105 cm³/mol. The fraction of sp³-hybridized carbons (Fsp3) is 0.300. The largest absolute Gasteiger partial charge is 0.454 e. The van der Waals surface area contributed by atoms with E-state index in [2.05, 4.69) is 0 Å². The van der Waals surface area contributed by atoms with E-state index in [1.165, 1.54) is 28.6 Å². The lowest BCUT2D eigenvalue weighted by atomic mass is 10.1. The number of Topliss-reactive ketones (excluding diaryl/α,β-unsaturated/α-hetero) is 1. The van der Waals surface area contributed by atoms with Crippen LogP contribution in [0.1, 0.15) is 40.0 Å². The minimum absolute atomic E-state index is 0.0722. The van der Waals surface area contributed by atoms with Crippen LogP contribution in [-0.4, -0.2) is 44.2 Å². The standard InChI is InChI=1S/C20H20ClNO5S/c21-16-10-8-15(9-11-16)18(23)14-27-20(24)17-6-2-3-7-19(17)28(25,26)22-12-4-1-5-13-22/h2-3,6-11H,1,4-5,12-14H2. The van der Waals surface area contributed by atoms with Crippen LogP contribution in [-0.2, 0) is 14.8 Å². The molecule has 1 aliphatic rings. The summed E-state index contributed by atoms with van der Waals surface area (Å²) < 4.78 is 32.4. The molecule has 1 fully saturated rings. The number of carbonyl (C=O) groups is 2. The Morgan fingerprint density at radius 1 is 0.964 bits per heavy atom. The van der Waals surface area contributed by atoms with Gasteiger partial charge in [0.2, 0.25) is 10.0 Å². The maximum absolute atomic E-state index is 12.9. The number of piperidine rings is 1. The first-order chi connectivity index (χ1) is 13.4. The Balaban J connectivity index is 1.75. The summed E-state index contributed by atoms with van der Waals surface area (Å²) in [5.74, 6) is -1.25. The number of ketones is 1. The number of rotatable bonds is 6. The highest BCUT2D eigenvalue weighted by Gasteiger charge is 2.30. The van der Waals surface area contributed by atoms with Crippen molar-refractivity contribution in [3.05, 3.63) is 64.7 Å². The average Bonchev–Trinajstić information content (AvgIpc) is 2.73. The summed E-state index contributed by atoms with van der Waals surface area (Å²) in [6.45, 7) is 0.375. The number of sulfonamides is 1. The number of nitrogens with zero attached hydrogens (tertiary/aromatic N) is 1. The molecule has 0 aromatic heterocycles. The Hall–Kier alpha value is -2.22. The van der Waals surface area contributed by atoms with Crippen LogP contribution >= 0.6 is 11.6 Å². The third kappa shape index (κ3) is 4.60. The number of hydrogen-bond donors (Lipinski definition) is 0. The first kappa shape index (κ1) is 20.5. The maximum atomic E-state index is 12.9. The number of halogens is 1. The lowest BCUT2D eigenvalue weighted by Crippen LogP contribution is -2.36. The first-order valence-corrected chi connectivity index (χ1v) is 10.8. The van der Waals surface area contributed by atoms with E-state index in [4.69, 9.17) is 16.3 Å². The van der Waals surface area contributed by atoms with Crippen molar-refractivity contribution in [3.8, 4) is 0 Å². The predicted octanol–water partition coefficient (Wildman–Crippen LogP) is 3.55. The van der Waals surface area contributed by atoms with Gasteiger partial charge < -0.3 is 4.74 Å². The van der Waals surface area contributed by atoms with Crippen molar-refractivity contribution in [2.45, 2.75) is 24.2 Å². The maximum Gasteiger partial charge on any atom is 0.339 e. The molecule has 148 valence electrons. The van der Waals surface area contributed by atoms with Gasteiger partial charge in [0, 0.05) is 23.7 Å². The number of hydrogen-bond acceptors (Lipinski definition) is 5. The number of ether oxygens (including phenoxy) is 1. The van der Waals surface area contributed by atoms with Crippen LogP contribution in [0.5, 0.6) is 0 Å². The number of benzene rings is 2. The van der Waals surface area contributed by atoms with Crippen LogP contribution in [0, 0.1) is 0 Å². The molecule has 1 saturated heterocycles. The van der Waals surface area contributed by atoms with Gasteiger partial charge in [-0.3, -0.25) is 4.79 Å². The van der Waals surface area contributed by atoms with E-state index in [1.807, 2.05) is 0 Å². The van der Waals surface area contributed by atoms with E-state index in [1.54, 1.807) is 24.3 Å². The summed E-state index contributed by atoms with van der Waals surface area (Å²) in [4.78, 5) is 24.6. The Morgan fingerprint density at radius 3 is 2.29 bits per heavy atom. The normalized spacial score (nSPS) is 15.2. The third-order valence-corrected chi connectivity index (χ3v) is 6.75. The molecule has 8 heteroatoms. The lowest BCUT2D eigenvalue weighted by Gasteiger charge is -2.26. The number of esters is 1. The van der Waals surface area contributed by atoms with Gasteiger partial charge in [-0.1, -0.05) is 30.2 Å². The molecular weight excluding hydrogens is 402 g/mol. The van der Waals surface area contributed by atoms with Crippen molar-refractivity contribution in [2.24, 2.45) is 0 Å². The quantitative estimate of drug-likeness (QED) is 0.526. The first-order valence-electron chi connectivity index (χ1n) is 8.94. The minimum Gasteiger partial charge on any atom is -0.454 e. The van der Waals surface area contributed by atoms with Gasteiger partial charge >= 0.3 is 5.97 Å². The molecule has 6 nitrogen and oxygen atoms in total. The van der Waals surface area contributed by atoms with Crippen molar-refractivity contribution in [1.29, 1.82) is 0 Å². The van der Waals surface area contributed by atoms with E-state index < -0.39 is 28.4 Å². The van der Waals surface area contributed by atoms with Gasteiger partial charge in [0.15, 0.2) is 12.4 Å². The van der Waals surface area contributed by atoms with Crippen LogP contribution in [0.2, 0.25) is 5.02 Å². The van der Waals surface area contributed by atoms with Gasteiger partial charge in [0.1, 0.15) is 0 Å². The fourth-order valence-electron chi connectivity index (χ4n) is 3.03. The summed E-state index contributed by atoms with van der Waals surface area (Å²) in [5, 5.41) is 0.491. The van der Waals surface area contributed by atoms with Crippen LogP contribution in [0.3, 0.4) is 0 Å². The highest BCUT2D eigenvalue weighted by Crippen LogP contribution is 2.24. The molecule has 0 saturated carbocycles. The second-order valence-electron chi connectivity index (χ2n) is 6.47. The third-order valence-electron chi connectivity index (χ3n) is 4.54. The monoisotopic (exact) mass is 421 g/mol. The van der Waals surface area contributed by atoms with E-state index in [0.717, 1.165) is 19.3 Å². The molecule has 0 radical (unpaired) electrons. The topological polar surface area (TPSA) is 80.8 Å². The molecule has 3 rings (SSSR count). The molecule has 28 heavy (non-hydrogen) atoms. The molecule has 0 atom stereocenters.